The first-order valence-corrected chi connectivity index (χ1v) is 7.52. The van der Waals surface area contributed by atoms with Gasteiger partial charge in [-0.3, -0.25) is 4.79 Å². The molecule has 0 aliphatic carbocycles. The Hall–Kier alpha value is -3.00. The molecule has 2 aromatic heterocycles. The minimum Gasteiger partial charge on any atom is -0.465 e. The topological polar surface area (TPSA) is 86.1 Å². The molecule has 0 aliphatic rings. The lowest BCUT2D eigenvalue weighted by atomic mass is 10.3. The summed E-state index contributed by atoms with van der Waals surface area (Å²) in [7, 11) is 1.29. The van der Waals surface area contributed by atoms with Crippen LogP contribution >= 0.6 is 11.3 Å². The van der Waals surface area contributed by atoms with Gasteiger partial charge in [0, 0.05) is 0 Å². The second-order valence-electron chi connectivity index (χ2n) is 4.46. The largest absolute Gasteiger partial charge is 0.465 e. The molecule has 0 fully saturated rings. The second-order valence-corrected chi connectivity index (χ2v) is 5.38. The van der Waals surface area contributed by atoms with Gasteiger partial charge < -0.3 is 10.1 Å². The lowest BCUT2D eigenvalue weighted by Crippen LogP contribution is -2.15. The van der Waals surface area contributed by atoms with Crippen LogP contribution < -0.4 is 5.32 Å². The van der Waals surface area contributed by atoms with E-state index in [0.29, 0.717) is 10.6 Å². The van der Waals surface area contributed by atoms with Crippen molar-refractivity contribution in [2.24, 2.45) is 0 Å². The molecule has 0 unspecified atom stereocenters. The third-order valence-electron chi connectivity index (χ3n) is 3.00. The molecular formula is C15H12N4O3S. The van der Waals surface area contributed by atoms with Crippen LogP contribution in [0.15, 0.2) is 48.0 Å². The van der Waals surface area contributed by atoms with Crippen molar-refractivity contribution in [3.05, 3.63) is 58.5 Å². The minimum atomic E-state index is -0.497. The van der Waals surface area contributed by atoms with E-state index < -0.39 is 11.9 Å². The molecule has 1 N–H and O–H groups in total. The van der Waals surface area contributed by atoms with Crippen LogP contribution in [0.3, 0.4) is 0 Å². The molecule has 23 heavy (non-hydrogen) atoms. The van der Waals surface area contributed by atoms with Crippen LogP contribution in [0.25, 0.3) is 5.69 Å². The van der Waals surface area contributed by atoms with Crippen LogP contribution in [0.1, 0.15) is 20.2 Å². The number of benzene rings is 1. The van der Waals surface area contributed by atoms with Gasteiger partial charge >= 0.3 is 5.97 Å². The first-order chi connectivity index (χ1) is 11.2. The average Bonchev–Trinajstić information content (AvgIpc) is 3.24. The van der Waals surface area contributed by atoms with Crippen LogP contribution in [0, 0.1) is 0 Å². The number of esters is 1. The summed E-state index contributed by atoms with van der Waals surface area (Å²) in [5.74, 6) is -0.945. The number of nitrogens with one attached hydrogen (secondary N) is 1. The molecule has 0 bridgehead atoms. The first-order valence-electron chi connectivity index (χ1n) is 6.64. The summed E-state index contributed by atoms with van der Waals surface area (Å²) in [6.45, 7) is 0. The van der Waals surface area contributed by atoms with E-state index >= 15 is 0 Å². The summed E-state index contributed by atoms with van der Waals surface area (Å²) in [5, 5.41) is 12.5. The van der Waals surface area contributed by atoms with Crippen LogP contribution in [0.2, 0.25) is 0 Å². The summed E-state index contributed by atoms with van der Waals surface area (Å²) in [6.07, 6.45) is 1.37. The normalized spacial score (nSPS) is 10.3. The third kappa shape index (κ3) is 3.11. The van der Waals surface area contributed by atoms with Crippen molar-refractivity contribution in [3.63, 3.8) is 0 Å². The van der Waals surface area contributed by atoms with Crippen molar-refractivity contribution < 1.29 is 14.3 Å². The third-order valence-corrected chi connectivity index (χ3v) is 3.89. The Morgan fingerprint density at radius 1 is 1.22 bits per heavy atom. The van der Waals surface area contributed by atoms with Crippen LogP contribution in [-0.2, 0) is 4.74 Å². The minimum absolute atomic E-state index is 0.149. The average molecular weight is 328 g/mol. The highest BCUT2D eigenvalue weighted by atomic mass is 32.1. The Labute approximate surface area is 135 Å². The van der Waals surface area contributed by atoms with E-state index in [-0.39, 0.29) is 5.69 Å². The molecule has 7 nitrogen and oxygen atoms in total. The Morgan fingerprint density at radius 2 is 2.00 bits per heavy atom. The predicted molar refractivity (Wildman–Crippen MR) is 85.0 cm³/mol. The number of amides is 1. The van der Waals surface area contributed by atoms with E-state index in [1.807, 2.05) is 30.3 Å². The van der Waals surface area contributed by atoms with Crippen molar-refractivity contribution in [1.29, 1.82) is 0 Å². The highest BCUT2D eigenvalue weighted by Crippen LogP contribution is 2.23. The van der Waals surface area contributed by atoms with E-state index in [1.165, 1.54) is 29.4 Å². The predicted octanol–water partition coefficient (Wildman–Crippen LogP) is 2.37. The zero-order chi connectivity index (χ0) is 16.2. The van der Waals surface area contributed by atoms with Gasteiger partial charge in [0.2, 0.25) is 0 Å². The van der Waals surface area contributed by atoms with Crippen molar-refractivity contribution in [1.82, 2.24) is 15.0 Å². The number of aromatic nitrogens is 3. The van der Waals surface area contributed by atoms with Crippen molar-refractivity contribution >= 4 is 28.9 Å². The number of hydrogen-bond acceptors (Lipinski definition) is 6. The Kier molecular flexibility index (Phi) is 4.15. The number of methoxy groups -OCH3 is 1. The zero-order valence-corrected chi connectivity index (χ0v) is 12.9. The maximum Gasteiger partial charge on any atom is 0.350 e. The lowest BCUT2D eigenvalue weighted by Gasteiger charge is -2.03. The quantitative estimate of drug-likeness (QED) is 0.743. The molecular weight excluding hydrogens is 316 g/mol. The first kappa shape index (κ1) is 14.9. The van der Waals surface area contributed by atoms with Crippen molar-refractivity contribution in [2.75, 3.05) is 12.4 Å². The van der Waals surface area contributed by atoms with Crippen LogP contribution in [-0.4, -0.2) is 34.0 Å². The van der Waals surface area contributed by atoms with Crippen LogP contribution in [0.5, 0.6) is 0 Å². The smallest absolute Gasteiger partial charge is 0.350 e. The van der Waals surface area contributed by atoms with Crippen LogP contribution in [0.4, 0.5) is 5.69 Å². The highest BCUT2D eigenvalue weighted by molar-refractivity contribution is 7.12. The summed E-state index contributed by atoms with van der Waals surface area (Å²) in [5.41, 5.74) is 1.29. The number of rotatable bonds is 4. The van der Waals surface area contributed by atoms with Gasteiger partial charge in [0.25, 0.3) is 5.91 Å². The maximum atomic E-state index is 12.2. The molecule has 8 heteroatoms. The van der Waals surface area contributed by atoms with Gasteiger partial charge in [-0.25, -0.2) is 4.79 Å². The molecule has 0 saturated heterocycles. The second kappa shape index (κ2) is 6.41. The Bertz CT molecular complexity index is 841. The highest BCUT2D eigenvalue weighted by Gasteiger charge is 2.18. The van der Waals surface area contributed by atoms with E-state index in [9.17, 15) is 9.59 Å². The number of carbonyl (C=O) groups is 2. The van der Waals surface area contributed by atoms with E-state index in [0.717, 1.165) is 5.69 Å². The molecule has 0 spiro atoms. The number of para-hydroxylation sites is 1. The number of ether oxygens (including phenoxy) is 1. The number of nitrogens with zero attached hydrogens (tertiary/aromatic N) is 3. The number of thiophene rings is 1. The molecule has 3 aromatic rings. The fourth-order valence-electron chi connectivity index (χ4n) is 1.90. The Balaban J connectivity index is 1.79. The zero-order valence-electron chi connectivity index (χ0n) is 12.1. The molecule has 1 amide bonds. The summed E-state index contributed by atoms with van der Waals surface area (Å²) in [6, 6.07) is 10.9. The maximum absolute atomic E-state index is 12.2. The van der Waals surface area contributed by atoms with Crippen molar-refractivity contribution in [3.8, 4) is 5.69 Å². The Morgan fingerprint density at radius 3 is 2.74 bits per heavy atom. The van der Waals surface area contributed by atoms with Gasteiger partial charge in [-0.2, -0.15) is 9.90 Å². The standard InChI is InChI=1S/C15H12N4O3S/c1-22-15(21)13-11(7-8-23-13)17-14(20)12-9-16-19(18-12)10-5-3-2-4-6-10/h2-9H,1H3,(H,17,20). The molecule has 116 valence electrons. The monoisotopic (exact) mass is 328 g/mol. The van der Waals surface area contributed by atoms with E-state index in [4.69, 9.17) is 0 Å². The lowest BCUT2D eigenvalue weighted by molar-refractivity contribution is 0.0607. The number of anilines is 1. The van der Waals surface area contributed by atoms with Gasteiger partial charge in [-0.15, -0.1) is 16.4 Å². The van der Waals surface area contributed by atoms with E-state index in [2.05, 4.69) is 20.3 Å². The molecule has 0 aliphatic heterocycles. The van der Waals surface area contributed by atoms with Gasteiger partial charge in [-0.1, -0.05) is 18.2 Å². The fraction of sp³-hybridized carbons (Fsp3) is 0.0667. The number of carbonyl (C=O) groups excluding carboxylic acids is 2. The molecule has 3 rings (SSSR count). The fourth-order valence-corrected chi connectivity index (χ4v) is 2.66. The summed E-state index contributed by atoms with van der Waals surface area (Å²) >= 11 is 1.19. The molecule has 0 atom stereocenters. The molecule has 2 heterocycles. The van der Waals surface area contributed by atoms with Gasteiger partial charge in [0.15, 0.2) is 5.69 Å². The van der Waals surface area contributed by atoms with Gasteiger partial charge in [-0.05, 0) is 23.6 Å². The molecule has 1 aromatic carbocycles. The van der Waals surface area contributed by atoms with Gasteiger partial charge in [0.05, 0.1) is 24.7 Å². The van der Waals surface area contributed by atoms with Gasteiger partial charge in [0.1, 0.15) is 4.88 Å². The van der Waals surface area contributed by atoms with Crippen molar-refractivity contribution in [2.45, 2.75) is 0 Å². The molecule has 0 radical (unpaired) electrons. The SMILES string of the molecule is COC(=O)c1sccc1NC(=O)c1cnn(-c2ccccc2)n1. The number of hydrogen-bond donors (Lipinski definition) is 1. The summed E-state index contributed by atoms with van der Waals surface area (Å²) in [4.78, 5) is 25.5. The summed E-state index contributed by atoms with van der Waals surface area (Å²) < 4.78 is 4.67. The molecule has 0 saturated carbocycles. The van der Waals surface area contributed by atoms with E-state index in [1.54, 1.807) is 11.4 Å².